The summed E-state index contributed by atoms with van der Waals surface area (Å²) in [5.74, 6) is -0.615. The molecule has 6 heteroatoms. The summed E-state index contributed by atoms with van der Waals surface area (Å²) in [4.78, 5) is 10.5. The summed E-state index contributed by atoms with van der Waals surface area (Å²) >= 11 is 0. The molecule has 1 rings (SSSR count). The smallest absolute Gasteiger partial charge is 0.303 e. The van der Waals surface area contributed by atoms with Crippen molar-refractivity contribution in [2.45, 2.75) is 45.4 Å². The second-order valence-electron chi connectivity index (χ2n) is 5.34. The van der Waals surface area contributed by atoms with E-state index in [9.17, 15) is 13.2 Å². The summed E-state index contributed by atoms with van der Waals surface area (Å²) in [7, 11) is -3.25. The van der Waals surface area contributed by atoms with Crippen LogP contribution in [-0.2, 0) is 14.8 Å². The molecule has 0 aromatic heterocycles. The maximum Gasteiger partial charge on any atom is 0.303 e. The molecule has 0 bridgehead atoms. The van der Waals surface area contributed by atoms with Crippen molar-refractivity contribution in [2.24, 2.45) is 11.8 Å². The number of carboxylic acids is 1. The van der Waals surface area contributed by atoms with Gasteiger partial charge in [-0.2, -0.15) is 0 Å². The topological polar surface area (TPSA) is 83.5 Å². The summed E-state index contributed by atoms with van der Waals surface area (Å²) in [6, 6.07) is 0. The highest BCUT2D eigenvalue weighted by atomic mass is 32.2. The largest absolute Gasteiger partial charge is 0.481 e. The van der Waals surface area contributed by atoms with E-state index in [0.717, 1.165) is 25.7 Å². The van der Waals surface area contributed by atoms with Gasteiger partial charge < -0.3 is 5.11 Å². The van der Waals surface area contributed by atoms with E-state index in [1.807, 2.05) is 0 Å². The first-order valence-electron chi connectivity index (χ1n) is 6.58. The first-order chi connectivity index (χ1) is 8.39. The Morgan fingerprint density at radius 2 is 1.94 bits per heavy atom. The number of aliphatic carboxylic acids is 1. The monoisotopic (exact) mass is 277 g/mol. The summed E-state index contributed by atoms with van der Waals surface area (Å²) in [5, 5.41) is 8.60. The Bertz CT molecular complexity index is 360. The van der Waals surface area contributed by atoms with Crippen LogP contribution in [0.4, 0.5) is 0 Å². The Kier molecular flexibility index (Phi) is 6.08. The molecule has 0 spiro atoms. The van der Waals surface area contributed by atoms with Gasteiger partial charge in [-0.05, 0) is 24.7 Å². The quantitative estimate of drug-likeness (QED) is 0.740. The molecule has 0 aliphatic heterocycles. The number of hydrogen-bond acceptors (Lipinski definition) is 3. The van der Waals surface area contributed by atoms with Gasteiger partial charge in [-0.15, -0.1) is 0 Å². The highest BCUT2D eigenvalue weighted by Crippen LogP contribution is 2.24. The molecule has 0 heterocycles. The number of rotatable bonds is 7. The fourth-order valence-electron chi connectivity index (χ4n) is 2.36. The van der Waals surface area contributed by atoms with E-state index >= 15 is 0 Å². The molecule has 0 amide bonds. The first-order valence-corrected chi connectivity index (χ1v) is 8.23. The minimum atomic E-state index is -3.25. The van der Waals surface area contributed by atoms with E-state index in [1.54, 1.807) is 6.92 Å². The van der Waals surface area contributed by atoms with Crippen molar-refractivity contribution in [1.82, 2.24) is 4.72 Å². The lowest BCUT2D eigenvalue weighted by atomic mass is 9.91. The molecule has 1 aliphatic rings. The van der Waals surface area contributed by atoms with Crippen LogP contribution in [0, 0.1) is 11.8 Å². The molecule has 1 atom stereocenters. The number of carboxylic acid groups (broad SMARTS) is 1. The van der Waals surface area contributed by atoms with Gasteiger partial charge in [0.15, 0.2) is 0 Å². The van der Waals surface area contributed by atoms with Gasteiger partial charge in [0.05, 0.1) is 5.75 Å². The Labute approximate surface area is 109 Å². The zero-order valence-electron chi connectivity index (χ0n) is 10.9. The van der Waals surface area contributed by atoms with Crippen LogP contribution in [0.5, 0.6) is 0 Å². The SMILES string of the molecule is CC(CNS(=O)(=O)CC1CCCCC1)CC(=O)O. The standard InChI is InChI=1S/C12H23NO4S/c1-10(7-12(14)15)8-13-18(16,17)9-11-5-3-2-4-6-11/h10-11,13H,2-9H2,1H3,(H,14,15). The van der Waals surface area contributed by atoms with E-state index in [2.05, 4.69) is 4.72 Å². The fraction of sp³-hybridized carbons (Fsp3) is 0.917. The number of sulfonamides is 1. The van der Waals surface area contributed by atoms with Crippen molar-refractivity contribution < 1.29 is 18.3 Å². The molecule has 1 aliphatic carbocycles. The maximum atomic E-state index is 11.8. The third kappa shape index (κ3) is 6.35. The average molecular weight is 277 g/mol. The van der Waals surface area contributed by atoms with Gasteiger partial charge in [-0.25, -0.2) is 13.1 Å². The molecule has 2 N–H and O–H groups in total. The van der Waals surface area contributed by atoms with Gasteiger partial charge in [0.2, 0.25) is 10.0 Å². The highest BCUT2D eigenvalue weighted by Gasteiger charge is 2.21. The molecule has 1 saturated carbocycles. The van der Waals surface area contributed by atoms with Gasteiger partial charge >= 0.3 is 5.97 Å². The van der Waals surface area contributed by atoms with Gasteiger partial charge in [0.25, 0.3) is 0 Å². The van der Waals surface area contributed by atoms with E-state index in [-0.39, 0.29) is 30.6 Å². The Balaban J connectivity index is 2.32. The van der Waals surface area contributed by atoms with Crippen LogP contribution in [0.3, 0.4) is 0 Å². The van der Waals surface area contributed by atoms with Crippen LogP contribution in [0.2, 0.25) is 0 Å². The summed E-state index contributed by atoms with van der Waals surface area (Å²) in [6.45, 7) is 1.94. The van der Waals surface area contributed by atoms with Crippen LogP contribution in [0.25, 0.3) is 0 Å². The zero-order valence-corrected chi connectivity index (χ0v) is 11.7. The molecule has 18 heavy (non-hydrogen) atoms. The van der Waals surface area contributed by atoms with Crippen molar-refractivity contribution in [2.75, 3.05) is 12.3 Å². The molecular weight excluding hydrogens is 254 g/mol. The summed E-state index contributed by atoms with van der Waals surface area (Å²) in [6.07, 6.45) is 5.42. The normalized spacial score (nSPS) is 19.6. The third-order valence-electron chi connectivity index (χ3n) is 3.35. The highest BCUT2D eigenvalue weighted by molar-refractivity contribution is 7.89. The predicted octanol–water partition coefficient (Wildman–Crippen LogP) is 1.60. The summed E-state index contributed by atoms with van der Waals surface area (Å²) in [5.41, 5.74) is 0. The number of nitrogens with one attached hydrogen (secondary N) is 1. The van der Waals surface area contributed by atoms with Crippen LogP contribution in [-0.4, -0.2) is 31.8 Å². The van der Waals surface area contributed by atoms with Gasteiger partial charge in [-0.3, -0.25) is 4.79 Å². The Morgan fingerprint density at radius 3 is 2.50 bits per heavy atom. The van der Waals surface area contributed by atoms with Crippen LogP contribution < -0.4 is 4.72 Å². The van der Waals surface area contributed by atoms with Crippen molar-refractivity contribution in [1.29, 1.82) is 0 Å². The van der Waals surface area contributed by atoms with Gasteiger partial charge in [-0.1, -0.05) is 26.2 Å². The van der Waals surface area contributed by atoms with E-state index in [4.69, 9.17) is 5.11 Å². The second-order valence-corrected chi connectivity index (χ2v) is 7.19. The molecular formula is C12H23NO4S. The van der Waals surface area contributed by atoms with Crippen LogP contribution >= 0.6 is 0 Å². The first kappa shape index (κ1) is 15.4. The minimum absolute atomic E-state index is 0.00799. The molecule has 0 saturated heterocycles. The van der Waals surface area contributed by atoms with Crippen molar-refractivity contribution in [3.05, 3.63) is 0 Å². The Hall–Kier alpha value is -0.620. The van der Waals surface area contributed by atoms with E-state index in [0.29, 0.717) is 0 Å². The van der Waals surface area contributed by atoms with Gasteiger partial charge in [0.1, 0.15) is 0 Å². The molecule has 1 fully saturated rings. The van der Waals surface area contributed by atoms with Crippen molar-refractivity contribution in [3.8, 4) is 0 Å². The van der Waals surface area contributed by atoms with Crippen molar-refractivity contribution >= 4 is 16.0 Å². The number of hydrogen-bond donors (Lipinski definition) is 2. The van der Waals surface area contributed by atoms with E-state index in [1.165, 1.54) is 6.42 Å². The lowest BCUT2D eigenvalue weighted by molar-refractivity contribution is -0.137. The average Bonchev–Trinajstić information content (AvgIpc) is 2.26. The molecule has 0 radical (unpaired) electrons. The van der Waals surface area contributed by atoms with Crippen LogP contribution in [0.15, 0.2) is 0 Å². The second kappa shape index (κ2) is 7.09. The molecule has 5 nitrogen and oxygen atoms in total. The minimum Gasteiger partial charge on any atom is -0.481 e. The van der Waals surface area contributed by atoms with E-state index < -0.39 is 16.0 Å². The van der Waals surface area contributed by atoms with Crippen molar-refractivity contribution in [3.63, 3.8) is 0 Å². The fourth-order valence-corrected chi connectivity index (χ4v) is 3.97. The lowest BCUT2D eigenvalue weighted by Crippen LogP contribution is -2.34. The molecule has 106 valence electrons. The number of carbonyl (C=O) groups is 1. The zero-order chi connectivity index (χ0) is 13.6. The molecule has 0 aromatic carbocycles. The lowest BCUT2D eigenvalue weighted by Gasteiger charge is -2.21. The predicted molar refractivity (Wildman–Crippen MR) is 69.8 cm³/mol. The molecule has 0 aromatic rings. The summed E-state index contributed by atoms with van der Waals surface area (Å²) < 4.78 is 26.2. The molecule has 1 unspecified atom stereocenters. The van der Waals surface area contributed by atoms with Crippen LogP contribution in [0.1, 0.15) is 45.4 Å². The maximum absolute atomic E-state index is 11.8. The Morgan fingerprint density at radius 1 is 1.33 bits per heavy atom. The van der Waals surface area contributed by atoms with Gasteiger partial charge in [0, 0.05) is 13.0 Å². The third-order valence-corrected chi connectivity index (χ3v) is 4.87.